The summed E-state index contributed by atoms with van der Waals surface area (Å²) in [5.41, 5.74) is -0.766. The Morgan fingerprint density at radius 1 is 1.38 bits per heavy atom. The van der Waals surface area contributed by atoms with Crippen LogP contribution >= 0.6 is 0 Å². The second-order valence-electron chi connectivity index (χ2n) is 5.79. The number of aliphatic carboxylic acids is 1. The first kappa shape index (κ1) is 17.1. The Bertz CT molecular complexity index is 447. The number of hydrogen-bond donors (Lipinski definition) is 2. The SMILES string of the molecule is CC(C)(C)OC(=O)NCC(=O)N1CC(F)(F)C[C@H]1C(=O)O. The number of rotatable bonds is 3. The van der Waals surface area contributed by atoms with Gasteiger partial charge in [-0.3, -0.25) is 4.79 Å². The topological polar surface area (TPSA) is 95.9 Å². The number of carbonyl (C=O) groups is 3. The van der Waals surface area contributed by atoms with Crippen LogP contribution in [0.15, 0.2) is 0 Å². The van der Waals surface area contributed by atoms with Gasteiger partial charge in [-0.15, -0.1) is 0 Å². The van der Waals surface area contributed by atoms with Crippen molar-refractivity contribution in [1.29, 1.82) is 0 Å². The maximum absolute atomic E-state index is 13.2. The second kappa shape index (κ2) is 5.82. The average molecular weight is 308 g/mol. The van der Waals surface area contributed by atoms with Crippen molar-refractivity contribution in [2.75, 3.05) is 13.1 Å². The van der Waals surface area contributed by atoms with Gasteiger partial charge in [0.15, 0.2) is 0 Å². The molecule has 120 valence electrons. The maximum atomic E-state index is 13.2. The quantitative estimate of drug-likeness (QED) is 0.805. The molecular weight excluding hydrogens is 290 g/mol. The van der Waals surface area contributed by atoms with E-state index in [-0.39, 0.29) is 0 Å². The highest BCUT2D eigenvalue weighted by molar-refractivity contribution is 5.87. The summed E-state index contributed by atoms with van der Waals surface area (Å²) in [5.74, 6) is -5.65. The standard InChI is InChI=1S/C12H18F2N2O5/c1-11(2,3)21-10(20)15-5-8(17)16-6-12(13,14)4-7(16)9(18)19/h7H,4-6H2,1-3H3,(H,15,20)(H,18,19)/t7-/m0/s1. The van der Waals surface area contributed by atoms with Gasteiger partial charge in [-0.25, -0.2) is 18.4 Å². The number of ether oxygens (including phenoxy) is 1. The molecule has 1 fully saturated rings. The molecule has 0 saturated carbocycles. The Kier molecular flexibility index (Phi) is 4.75. The molecule has 1 aliphatic rings. The molecule has 1 saturated heterocycles. The Hall–Kier alpha value is -1.93. The van der Waals surface area contributed by atoms with E-state index in [9.17, 15) is 23.2 Å². The van der Waals surface area contributed by atoms with E-state index in [4.69, 9.17) is 9.84 Å². The molecule has 0 aromatic heterocycles. The van der Waals surface area contributed by atoms with E-state index in [0.29, 0.717) is 4.90 Å². The summed E-state index contributed by atoms with van der Waals surface area (Å²) in [4.78, 5) is 34.6. The lowest BCUT2D eigenvalue weighted by molar-refractivity contribution is -0.147. The van der Waals surface area contributed by atoms with Crippen molar-refractivity contribution >= 4 is 18.0 Å². The zero-order valence-corrected chi connectivity index (χ0v) is 12.0. The average Bonchev–Trinajstić information content (AvgIpc) is 2.60. The van der Waals surface area contributed by atoms with Gasteiger partial charge in [-0.05, 0) is 20.8 Å². The number of hydrogen-bond acceptors (Lipinski definition) is 4. The summed E-state index contributed by atoms with van der Waals surface area (Å²) in [6, 6.07) is -1.59. The molecule has 0 aromatic carbocycles. The Morgan fingerprint density at radius 3 is 2.43 bits per heavy atom. The van der Waals surface area contributed by atoms with Gasteiger partial charge in [0.2, 0.25) is 5.91 Å². The van der Waals surface area contributed by atoms with Gasteiger partial charge in [0, 0.05) is 6.42 Å². The van der Waals surface area contributed by atoms with Crippen molar-refractivity contribution in [3.8, 4) is 0 Å². The van der Waals surface area contributed by atoms with Crippen LogP contribution in [0.5, 0.6) is 0 Å². The number of likely N-dealkylation sites (tertiary alicyclic amines) is 1. The highest BCUT2D eigenvalue weighted by Crippen LogP contribution is 2.32. The fourth-order valence-electron chi connectivity index (χ4n) is 1.86. The first-order valence-corrected chi connectivity index (χ1v) is 6.28. The molecule has 1 rings (SSSR count). The number of nitrogens with zero attached hydrogens (tertiary/aromatic N) is 1. The van der Waals surface area contributed by atoms with Crippen molar-refractivity contribution in [2.24, 2.45) is 0 Å². The van der Waals surface area contributed by atoms with Gasteiger partial charge < -0.3 is 20.1 Å². The third-order valence-corrected chi connectivity index (χ3v) is 2.66. The first-order valence-electron chi connectivity index (χ1n) is 6.28. The van der Waals surface area contributed by atoms with Crippen LogP contribution in [-0.2, 0) is 14.3 Å². The minimum Gasteiger partial charge on any atom is -0.480 e. The van der Waals surface area contributed by atoms with Crippen molar-refractivity contribution in [1.82, 2.24) is 10.2 Å². The molecule has 0 aliphatic carbocycles. The van der Waals surface area contributed by atoms with E-state index in [1.165, 1.54) is 0 Å². The number of alkyl halides is 2. The molecule has 0 unspecified atom stereocenters. The molecule has 21 heavy (non-hydrogen) atoms. The lowest BCUT2D eigenvalue weighted by atomic mass is 10.2. The summed E-state index contributed by atoms with van der Waals surface area (Å²) in [6.45, 7) is 3.29. The molecule has 0 radical (unpaired) electrons. The van der Waals surface area contributed by atoms with Crippen molar-refractivity contribution in [2.45, 2.75) is 44.8 Å². The van der Waals surface area contributed by atoms with Crippen molar-refractivity contribution < 1.29 is 33.0 Å². The van der Waals surface area contributed by atoms with Crippen LogP contribution in [0.25, 0.3) is 0 Å². The highest BCUT2D eigenvalue weighted by atomic mass is 19.3. The number of carboxylic acid groups (broad SMARTS) is 1. The van der Waals surface area contributed by atoms with Gasteiger partial charge in [-0.1, -0.05) is 0 Å². The molecule has 2 N–H and O–H groups in total. The zero-order chi connectivity index (χ0) is 16.4. The summed E-state index contributed by atoms with van der Waals surface area (Å²) < 4.78 is 31.3. The van der Waals surface area contributed by atoms with Crippen LogP contribution in [0, 0.1) is 0 Å². The number of amides is 2. The lowest BCUT2D eigenvalue weighted by Crippen LogP contribution is -2.46. The molecular formula is C12H18F2N2O5. The van der Waals surface area contributed by atoms with Crippen LogP contribution in [0.1, 0.15) is 27.2 Å². The minimum absolute atomic E-state index is 0.555. The number of carboxylic acids is 1. The Balaban J connectivity index is 2.59. The van der Waals surface area contributed by atoms with Gasteiger partial charge in [-0.2, -0.15) is 0 Å². The molecule has 2 amide bonds. The van der Waals surface area contributed by atoms with Crippen molar-refractivity contribution in [3.05, 3.63) is 0 Å². The molecule has 7 nitrogen and oxygen atoms in total. The van der Waals surface area contributed by atoms with Gasteiger partial charge in [0.05, 0.1) is 6.54 Å². The van der Waals surface area contributed by atoms with Crippen molar-refractivity contribution in [3.63, 3.8) is 0 Å². The van der Waals surface area contributed by atoms with E-state index in [1.54, 1.807) is 20.8 Å². The van der Waals surface area contributed by atoms with Gasteiger partial charge in [0.25, 0.3) is 5.92 Å². The summed E-state index contributed by atoms with van der Waals surface area (Å²) in [6.07, 6.45) is -1.81. The van der Waals surface area contributed by atoms with Crippen LogP contribution in [0.2, 0.25) is 0 Å². The summed E-state index contributed by atoms with van der Waals surface area (Å²) in [5, 5.41) is 11.0. The molecule has 1 atom stereocenters. The smallest absolute Gasteiger partial charge is 0.408 e. The van der Waals surface area contributed by atoms with Crippen LogP contribution in [-0.4, -0.2) is 58.6 Å². The fraction of sp³-hybridized carbons (Fsp3) is 0.750. The van der Waals surface area contributed by atoms with E-state index in [1.807, 2.05) is 0 Å². The van der Waals surface area contributed by atoms with E-state index < -0.39 is 55.0 Å². The van der Waals surface area contributed by atoms with E-state index in [2.05, 4.69) is 5.32 Å². The third kappa shape index (κ3) is 5.16. The summed E-state index contributed by atoms with van der Waals surface area (Å²) in [7, 11) is 0. The van der Waals surface area contributed by atoms with Crippen LogP contribution < -0.4 is 5.32 Å². The molecule has 9 heteroatoms. The molecule has 0 bridgehead atoms. The monoisotopic (exact) mass is 308 g/mol. The number of nitrogens with one attached hydrogen (secondary N) is 1. The fourth-order valence-corrected chi connectivity index (χ4v) is 1.86. The Labute approximate surface area is 120 Å². The van der Waals surface area contributed by atoms with E-state index in [0.717, 1.165) is 0 Å². The molecule has 0 spiro atoms. The predicted molar refractivity (Wildman–Crippen MR) is 66.9 cm³/mol. The first-order chi connectivity index (χ1) is 9.41. The van der Waals surface area contributed by atoms with Crippen LogP contribution in [0.4, 0.5) is 13.6 Å². The molecule has 1 aliphatic heterocycles. The maximum Gasteiger partial charge on any atom is 0.408 e. The molecule has 0 aromatic rings. The summed E-state index contributed by atoms with van der Waals surface area (Å²) >= 11 is 0. The van der Waals surface area contributed by atoms with E-state index >= 15 is 0 Å². The highest BCUT2D eigenvalue weighted by Gasteiger charge is 2.50. The largest absolute Gasteiger partial charge is 0.480 e. The second-order valence-corrected chi connectivity index (χ2v) is 5.79. The van der Waals surface area contributed by atoms with Gasteiger partial charge >= 0.3 is 12.1 Å². The minimum atomic E-state index is -3.25. The number of alkyl carbamates (subject to hydrolysis) is 1. The Morgan fingerprint density at radius 2 is 1.95 bits per heavy atom. The molecule has 1 heterocycles. The lowest BCUT2D eigenvalue weighted by Gasteiger charge is -2.22. The third-order valence-electron chi connectivity index (χ3n) is 2.66. The van der Waals surface area contributed by atoms with Gasteiger partial charge in [0.1, 0.15) is 18.2 Å². The predicted octanol–water partition coefficient (Wildman–Crippen LogP) is 0.832. The number of halogens is 2. The normalized spacial score (nSPS) is 21.0. The zero-order valence-electron chi connectivity index (χ0n) is 12.0. The van der Waals surface area contributed by atoms with Crippen LogP contribution in [0.3, 0.4) is 0 Å². The number of carbonyl (C=O) groups excluding carboxylic acids is 2.